The third-order valence-corrected chi connectivity index (χ3v) is 5.70. The van der Waals surface area contributed by atoms with Crippen LogP contribution in [0.1, 0.15) is 42.1 Å². The number of carbonyl (C=O) groups excluding carboxylic acids is 2. The predicted molar refractivity (Wildman–Crippen MR) is 106 cm³/mol. The number of unbranched alkanes of at least 4 members (excludes halogenated alkanes) is 1. The summed E-state index contributed by atoms with van der Waals surface area (Å²) in [6.45, 7) is 1.97. The van der Waals surface area contributed by atoms with Gasteiger partial charge in [0.25, 0.3) is 21.8 Å². The van der Waals surface area contributed by atoms with E-state index in [1.807, 2.05) is 6.92 Å². The third-order valence-electron chi connectivity index (χ3n) is 4.30. The second-order valence-corrected chi connectivity index (χ2v) is 8.07. The monoisotopic (exact) mass is 415 g/mol. The van der Waals surface area contributed by atoms with Crippen molar-refractivity contribution in [2.24, 2.45) is 4.99 Å². The first-order valence-electron chi connectivity index (χ1n) is 9.12. The lowest BCUT2D eigenvalue weighted by Crippen LogP contribution is -2.46. The van der Waals surface area contributed by atoms with Gasteiger partial charge in [-0.1, -0.05) is 31.9 Å². The van der Waals surface area contributed by atoms with Crippen LogP contribution in [-0.2, 0) is 14.8 Å². The normalized spacial score (nSPS) is 16.5. The van der Waals surface area contributed by atoms with Gasteiger partial charge in [-0.15, -0.1) is 0 Å². The Morgan fingerprint density at radius 3 is 2.69 bits per heavy atom. The molecule has 29 heavy (non-hydrogen) atoms. The van der Waals surface area contributed by atoms with Gasteiger partial charge >= 0.3 is 0 Å². The molecule has 1 aromatic carbocycles. The first-order chi connectivity index (χ1) is 13.9. The maximum absolute atomic E-state index is 12.6. The number of nitrogens with one attached hydrogen (secondary N) is 3. The Kier molecular flexibility index (Phi) is 6.23. The minimum atomic E-state index is -3.70. The van der Waals surface area contributed by atoms with Gasteiger partial charge in [-0.25, -0.2) is 8.42 Å². The molecule has 3 N–H and O–H groups in total. The van der Waals surface area contributed by atoms with Crippen molar-refractivity contribution >= 4 is 27.7 Å². The fourth-order valence-corrected chi connectivity index (χ4v) is 4.05. The van der Waals surface area contributed by atoms with Gasteiger partial charge in [0.1, 0.15) is 11.9 Å². The Morgan fingerprint density at radius 1 is 1.17 bits per heavy atom. The van der Waals surface area contributed by atoms with Crippen LogP contribution in [0.4, 0.5) is 0 Å². The number of sulfonamides is 1. The van der Waals surface area contributed by atoms with Crippen LogP contribution in [0.5, 0.6) is 0 Å². The van der Waals surface area contributed by atoms with E-state index >= 15 is 0 Å². The number of benzene rings is 1. The maximum Gasteiger partial charge on any atom is 0.271 e. The number of aliphatic imine (C=N–C) groups is 1. The van der Waals surface area contributed by atoms with Gasteiger partial charge in [0.05, 0.1) is 10.5 Å². The van der Waals surface area contributed by atoms with Gasteiger partial charge in [0.15, 0.2) is 0 Å². The highest BCUT2D eigenvalue weighted by molar-refractivity contribution is 7.90. The largest absolute Gasteiger partial charge is 0.271 e. The van der Waals surface area contributed by atoms with E-state index in [2.05, 4.69) is 25.6 Å². The van der Waals surface area contributed by atoms with Crippen LogP contribution in [0.15, 0.2) is 58.7 Å². The molecule has 2 heterocycles. The molecule has 0 radical (unpaired) electrons. The molecule has 0 spiro atoms. The van der Waals surface area contributed by atoms with E-state index in [-0.39, 0.29) is 10.7 Å². The first kappa shape index (κ1) is 20.5. The van der Waals surface area contributed by atoms with Gasteiger partial charge in [-0.05, 0) is 30.7 Å². The number of amides is 2. The zero-order valence-electron chi connectivity index (χ0n) is 15.8. The molecule has 3 rings (SSSR count). The summed E-state index contributed by atoms with van der Waals surface area (Å²) in [5.74, 6) is -0.928. The molecule has 1 aromatic heterocycles. The van der Waals surface area contributed by atoms with Crippen molar-refractivity contribution in [3.63, 3.8) is 0 Å². The Labute approximate surface area is 168 Å². The molecule has 0 bridgehead atoms. The molecule has 1 aliphatic heterocycles. The molecule has 1 atom stereocenters. The number of nitrogens with zero attached hydrogens (tertiary/aromatic N) is 2. The Bertz CT molecular complexity index is 1040. The van der Waals surface area contributed by atoms with E-state index in [9.17, 15) is 18.0 Å². The summed E-state index contributed by atoms with van der Waals surface area (Å²) in [6.07, 6.45) is 4.85. The number of rotatable bonds is 6. The summed E-state index contributed by atoms with van der Waals surface area (Å²) < 4.78 is 26.9. The second kappa shape index (κ2) is 8.82. The molecule has 0 saturated heterocycles. The lowest BCUT2D eigenvalue weighted by Gasteiger charge is -2.14. The van der Waals surface area contributed by atoms with E-state index in [0.29, 0.717) is 24.0 Å². The summed E-state index contributed by atoms with van der Waals surface area (Å²) in [4.78, 5) is 33.0. The van der Waals surface area contributed by atoms with Gasteiger partial charge in [-0.2, -0.15) is 0 Å². The number of amidine groups is 1. The van der Waals surface area contributed by atoms with Crippen molar-refractivity contribution in [3.05, 3.63) is 59.9 Å². The van der Waals surface area contributed by atoms with Crippen molar-refractivity contribution < 1.29 is 18.0 Å². The Morgan fingerprint density at radius 2 is 1.97 bits per heavy atom. The fourth-order valence-electron chi connectivity index (χ4n) is 2.81. The molecule has 0 fully saturated rings. The second-order valence-electron chi connectivity index (χ2n) is 6.42. The van der Waals surface area contributed by atoms with Crippen molar-refractivity contribution in [2.45, 2.75) is 37.1 Å². The minimum Gasteiger partial charge on any atom is -0.271 e. The van der Waals surface area contributed by atoms with E-state index < -0.39 is 27.9 Å². The van der Waals surface area contributed by atoms with E-state index in [1.165, 1.54) is 18.5 Å². The molecular weight excluding hydrogens is 394 g/mol. The molecular formula is C19H21N5O4S. The van der Waals surface area contributed by atoms with Crippen LogP contribution in [0.2, 0.25) is 0 Å². The molecule has 152 valence electrons. The van der Waals surface area contributed by atoms with Gasteiger partial charge < -0.3 is 0 Å². The standard InChI is InChI=1S/C19H21N5O4S/c1-2-3-9-15(19(26)23-22-18(25)13-7-6-11-20-12-13)21-17-14-8-4-5-10-16(14)29(27,28)24-17/h4-8,10-12,15H,2-3,9H2,1H3,(H,21,24)(H,22,25)(H,23,26). The highest BCUT2D eigenvalue weighted by Crippen LogP contribution is 2.23. The number of hydrogen-bond acceptors (Lipinski definition) is 6. The number of hydrogen-bond donors (Lipinski definition) is 3. The average Bonchev–Trinajstić information content (AvgIpc) is 3.00. The van der Waals surface area contributed by atoms with Gasteiger partial charge in [0, 0.05) is 18.0 Å². The van der Waals surface area contributed by atoms with Crippen LogP contribution in [0.3, 0.4) is 0 Å². The molecule has 1 aliphatic rings. The number of hydrazine groups is 1. The number of aromatic nitrogens is 1. The maximum atomic E-state index is 12.6. The smallest absolute Gasteiger partial charge is 0.271 e. The van der Waals surface area contributed by atoms with Gasteiger partial charge in [0.2, 0.25) is 0 Å². The zero-order chi connectivity index (χ0) is 20.9. The predicted octanol–water partition coefficient (Wildman–Crippen LogP) is 1.14. The summed E-state index contributed by atoms with van der Waals surface area (Å²) in [5, 5.41) is 0. The number of fused-ring (bicyclic) bond motifs is 1. The lowest BCUT2D eigenvalue weighted by atomic mass is 10.1. The van der Waals surface area contributed by atoms with Crippen LogP contribution < -0.4 is 15.6 Å². The molecule has 0 aliphatic carbocycles. The van der Waals surface area contributed by atoms with Crippen molar-refractivity contribution in [1.29, 1.82) is 0 Å². The zero-order valence-corrected chi connectivity index (χ0v) is 16.6. The fraction of sp³-hybridized carbons (Fsp3) is 0.263. The SMILES string of the molecule is CCCCC(N=C1NS(=O)(=O)c2ccccc21)C(=O)NNC(=O)c1cccnc1. The van der Waals surface area contributed by atoms with Crippen LogP contribution >= 0.6 is 0 Å². The molecule has 0 saturated carbocycles. The third kappa shape index (κ3) is 4.77. The molecule has 2 aromatic rings. The van der Waals surface area contributed by atoms with Crippen molar-refractivity contribution in [2.75, 3.05) is 0 Å². The van der Waals surface area contributed by atoms with Crippen LogP contribution in [0, 0.1) is 0 Å². The number of pyridine rings is 1. The first-order valence-corrected chi connectivity index (χ1v) is 10.6. The molecule has 1 unspecified atom stereocenters. The summed E-state index contributed by atoms with van der Waals surface area (Å²) in [5.41, 5.74) is 5.40. The highest BCUT2D eigenvalue weighted by atomic mass is 32.2. The van der Waals surface area contributed by atoms with E-state index in [4.69, 9.17) is 0 Å². The van der Waals surface area contributed by atoms with E-state index in [1.54, 1.807) is 30.3 Å². The topological polar surface area (TPSA) is 130 Å². The van der Waals surface area contributed by atoms with Crippen molar-refractivity contribution in [1.82, 2.24) is 20.6 Å². The average molecular weight is 415 g/mol. The summed E-state index contributed by atoms with van der Waals surface area (Å²) in [7, 11) is -3.70. The minimum absolute atomic E-state index is 0.121. The van der Waals surface area contributed by atoms with Crippen molar-refractivity contribution in [3.8, 4) is 0 Å². The van der Waals surface area contributed by atoms with Crippen LogP contribution in [0.25, 0.3) is 0 Å². The molecule has 10 heteroatoms. The van der Waals surface area contributed by atoms with Gasteiger partial charge in [-0.3, -0.25) is 35.1 Å². The quantitative estimate of drug-likeness (QED) is 0.609. The molecule has 9 nitrogen and oxygen atoms in total. The van der Waals surface area contributed by atoms with E-state index in [0.717, 1.165) is 6.42 Å². The molecule has 2 amide bonds. The summed E-state index contributed by atoms with van der Waals surface area (Å²) in [6, 6.07) is 8.74. The Hall–Kier alpha value is -3.27. The lowest BCUT2D eigenvalue weighted by molar-refractivity contribution is -0.123. The Balaban J connectivity index is 1.77. The summed E-state index contributed by atoms with van der Waals surface area (Å²) >= 11 is 0. The highest BCUT2D eigenvalue weighted by Gasteiger charge is 2.31. The van der Waals surface area contributed by atoms with Crippen LogP contribution in [-0.4, -0.2) is 37.1 Å². The number of carbonyl (C=O) groups is 2.